The Balaban J connectivity index is 1.30. The van der Waals surface area contributed by atoms with Gasteiger partial charge in [0.05, 0.1) is 17.8 Å². The van der Waals surface area contributed by atoms with Gasteiger partial charge in [0.25, 0.3) is 0 Å². The van der Waals surface area contributed by atoms with E-state index >= 15 is 4.79 Å². The summed E-state index contributed by atoms with van der Waals surface area (Å²) >= 11 is 6.32. The lowest BCUT2D eigenvalue weighted by molar-refractivity contribution is -0.277. The maximum Gasteiger partial charge on any atom is 0.333 e. The summed E-state index contributed by atoms with van der Waals surface area (Å²) in [6, 6.07) is 7.04. The Labute approximate surface area is 384 Å². The molecule has 7 aliphatic rings. The molecule has 14 heteroatoms. The van der Waals surface area contributed by atoms with Crippen molar-refractivity contribution < 1.29 is 63.2 Å². The van der Waals surface area contributed by atoms with Gasteiger partial charge in [-0.1, -0.05) is 65.3 Å². The average molecular weight is 915 g/mol. The SMILES string of the molecule is CC(C)=CCCC1(C)C=Cc2c(c(CC=C(C)C)c3c(c2O[C@@H]2O[C@H](CO)[C@@H](O)[C@H](O)[C@H]2O)C(=O)C2=CC4CC5C(C)(C)OC(CC=C(C)C(=O)OCc6ccccc6Cl)(C4=O)C25O3)O1. The Morgan fingerprint density at radius 1 is 0.938 bits per heavy atom. The van der Waals surface area contributed by atoms with Crippen molar-refractivity contribution in [3.8, 4) is 17.2 Å². The second kappa shape index (κ2) is 17.2. The van der Waals surface area contributed by atoms with Crippen LogP contribution in [0, 0.1) is 11.8 Å². The van der Waals surface area contributed by atoms with Crippen LogP contribution in [0.5, 0.6) is 17.2 Å². The fraction of sp³-hybridized carbons (Fsp3) is 0.510. The standard InChI is InChI=1S/C51H59ClO13/c1-26(2)12-11-19-49(8)20-18-32-42(63-49)31(16-15-27(3)4)44-37(43(32)62-47-41(57)40(56)39(55)35(24-53)61-47)38(54)33-22-30-23-36-48(6,7)65-50(45(30)58,51(33,36)64-44)21-17-28(5)46(59)60-25-29-13-9-10-14-34(29)52/h9-10,12-15,17-18,20,22,30,35-36,39-41,47,53,55-57H,11,16,19,21,23-25H2,1-8H3/t30?,35-,36?,39-,40+,41-,47+,49?,50?,51?/m1/s1. The Bertz CT molecular complexity index is 2450. The van der Waals surface area contributed by atoms with E-state index in [0.29, 0.717) is 46.7 Å². The molecule has 2 saturated heterocycles. The first-order valence-corrected chi connectivity index (χ1v) is 22.7. The Morgan fingerprint density at radius 3 is 2.35 bits per heavy atom. The van der Waals surface area contributed by atoms with Crippen molar-refractivity contribution in [2.75, 3.05) is 6.61 Å². The van der Waals surface area contributed by atoms with Gasteiger partial charge in [0.1, 0.15) is 59.4 Å². The predicted molar refractivity (Wildman–Crippen MR) is 241 cm³/mol. The maximum atomic E-state index is 15.8. The number of benzene rings is 2. The molecule has 0 radical (unpaired) electrons. The van der Waals surface area contributed by atoms with Gasteiger partial charge in [-0.15, -0.1) is 0 Å². The third kappa shape index (κ3) is 7.80. The smallest absolute Gasteiger partial charge is 0.333 e. The average Bonchev–Trinajstić information content (AvgIpc) is 3.41. The molecule has 1 saturated carbocycles. The van der Waals surface area contributed by atoms with Crippen LogP contribution < -0.4 is 14.2 Å². The van der Waals surface area contributed by atoms with Crippen LogP contribution in [-0.2, 0) is 36.8 Å². The van der Waals surface area contributed by atoms with Crippen molar-refractivity contribution in [1.29, 1.82) is 0 Å². The molecule has 0 amide bonds. The molecule has 5 unspecified atom stereocenters. The molecule has 2 aromatic carbocycles. The lowest BCUT2D eigenvalue weighted by Crippen LogP contribution is -2.72. The van der Waals surface area contributed by atoms with E-state index in [2.05, 4.69) is 6.08 Å². The van der Waals surface area contributed by atoms with E-state index in [1.54, 1.807) is 43.3 Å². The topological polar surface area (TPSA) is 188 Å². The molecular formula is C51H59ClO13. The van der Waals surface area contributed by atoms with Crippen molar-refractivity contribution in [1.82, 2.24) is 0 Å². The molecule has 348 valence electrons. The minimum absolute atomic E-state index is 0.0154. The summed E-state index contributed by atoms with van der Waals surface area (Å²) in [5.74, 6) is -2.29. The van der Waals surface area contributed by atoms with Crippen molar-refractivity contribution in [2.45, 2.75) is 147 Å². The molecule has 3 aliphatic carbocycles. The molecule has 65 heavy (non-hydrogen) atoms. The highest BCUT2D eigenvalue weighted by atomic mass is 35.5. The Kier molecular flexibility index (Phi) is 12.4. The van der Waals surface area contributed by atoms with Gasteiger partial charge in [0.15, 0.2) is 22.8 Å². The van der Waals surface area contributed by atoms with E-state index in [9.17, 15) is 30.0 Å². The number of ketones is 2. The van der Waals surface area contributed by atoms with Crippen LogP contribution in [0.25, 0.3) is 6.08 Å². The van der Waals surface area contributed by atoms with Crippen LogP contribution in [0.1, 0.15) is 108 Å². The fourth-order valence-corrected chi connectivity index (χ4v) is 10.6. The molecule has 10 atom stereocenters. The molecule has 9 rings (SSSR count). The highest BCUT2D eigenvalue weighted by Crippen LogP contribution is 2.69. The van der Waals surface area contributed by atoms with E-state index in [4.69, 9.17) is 40.0 Å². The van der Waals surface area contributed by atoms with Gasteiger partial charge < -0.3 is 48.8 Å². The summed E-state index contributed by atoms with van der Waals surface area (Å²) in [4.78, 5) is 44.2. The highest BCUT2D eigenvalue weighted by Gasteiger charge is 2.81. The van der Waals surface area contributed by atoms with E-state index in [1.807, 2.05) is 66.7 Å². The number of esters is 1. The molecule has 4 bridgehead atoms. The Hall–Kier alpha value is -4.60. The zero-order chi connectivity index (χ0) is 47.0. The maximum absolute atomic E-state index is 15.8. The number of carbonyl (C=O) groups is 3. The number of hydrogen-bond acceptors (Lipinski definition) is 13. The summed E-state index contributed by atoms with van der Waals surface area (Å²) in [5.41, 5.74) is -1.27. The second-order valence-electron chi connectivity index (χ2n) is 19.4. The van der Waals surface area contributed by atoms with E-state index in [-0.39, 0.29) is 53.4 Å². The molecule has 4 N–H and O–H groups in total. The monoisotopic (exact) mass is 914 g/mol. The number of Topliss-reactive ketones (excluding diaryl/α,β-unsaturated/α-hetero) is 2. The van der Waals surface area contributed by atoms with E-state index in [1.165, 1.54) is 0 Å². The number of aliphatic hydroxyl groups is 4. The van der Waals surface area contributed by atoms with Crippen LogP contribution in [-0.4, -0.2) is 97.7 Å². The predicted octanol–water partition coefficient (Wildman–Crippen LogP) is 7.02. The molecule has 4 aliphatic heterocycles. The zero-order valence-electron chi connectivity index (χ0n) is 38.1. The lowest BCUT2D eigenvalue weighted by Gasteiger charge is -2.56. The van der Waals surface area contributed by atoms with Gasteiger partial charge in [-0.05, 0) is 99.3 Å². The van der Waals surface area contributed by atoms with Gasteiger partial charge in [-0.3, -0.25) is 9.59 Å². The van der Waals surface area contributed by atoms with Crippen molar-refractivity contribution >= 4 is 35.2 Å². The first-order chi connectivity index (χ1) is 30.7. The van der Waals surface area contributed by atoms with Crippen molar-refractivity contribution in [2.24, 2.45) is 11.8 Å². The molecule has 0 aromatic heterocycles. The summed E-state index contributed by atoms with van der Waals surface area (Å²) < 4.78 is 39.5. The summed E-state index contributed by atoms with van der Waals surface area (Å²) in [6.45, 7) is 14.5. The van der Waals surface area contributed by atoms with Gasteiger partial charge >= 0.3 is 5.97 Å². The van der Waals surface area contributed by atoms with Gasteiger partial charge in [-0.25, -0.2) is 4.79 Å². The molecule has 2 aromatic rings. The van der Waals surface area contributed by atoms with Crippen LogP contribution in [0.3, 0.4) is 0 Å². The Morgan fingerprint density at radius 2 is 1.66 bits per heavy atom. The first kappa shape index (κ1) is 46.9. The van der Waals surface area contributed by atoms with Gasteiger partial charge in [0, 0.05) is 45.6 Å². The summed E-state index contributed by atoms with van der Waals surface area (Å²) in [7, 11) is 0. The second-order valence-corrected chi connectivity index (χ2v) is 19.8. The first-order valence-electron chi connectivity index (χ1n) is 22.3. The molecule has 3 fully saturated rings. The lowest BCUT2D eigenvalue weighted by atomic mass is 9.51. The minimum Gasteiger partial charge on any atom is -0.482 e. The highest BCUT2D eigenvalue weighted by molar-refractivity contribution is 6.31. The number of fused-ring (bicyclic) bond motifs is 2. The van der Waals surface area contributed by atoms with Crippen molar-refractivity contribution in [3.63, 3.8) is 0 Å². The third-order valence-corrected chi connectivity index (χ3v) is 14.2. The van der Waals surface area contributed by atoms with E-state index in [0.717, 1.165) is 11.1 Å². The number of hydrogen-bond donors (Lipinski definition) is 4. The van der Waals surface area contributed by atoms with Crippen LogP contribution in [0.2, 0.25) is 5.02 Å². The number of halogens is 1. The van der Waals surface area contributed by atoms with Crippen LogP contribution >= 0.6 is 11.6 Å². The fourth-order valence-electron chi connectivity index (χ4n) is 10.4. The van der Waals surface area contributed by atoms with Gasteiger partial charge in [0.2, 0.25) is 6.29 Å². The number of ether oxygens (including phenoxy) is 6. The van der Waals surface area contributed by atoms with Crippen molar-refractivity contribution in [3.05, 3.63) is 104 Å². The largest absolute Gasteiger partial charge is 0.482 e. The third-order valence-electron chi connectivity index (χ3n) is 13.8. The quantitative estimate of drug-likeness (QED) is 0.0913. The van der Waals surface area contributed by atoms with Crippen LogP contribution in [0.4, 0.5) is 0 Å². The minimum atomic E-state index is -1.81. The molecular weight excluding hydrogens is 856 g/mol. The number of rotatable bonds is 13. The normalized spacial score (nSPS) is 32.6. The number of allylic oxidation sites excluding steroid dienone is 5. The van der Waals surface area contributed by atoms with Crippen LogP contribution in [0.15, 0.2) is 76.9 Å². The molecule has 4 heterocycles. The summed E-state index contributed by atoms with van der Waals surface area (Å²) in [6.07, 6.45) is 4.63. The van der Waals surface area contributed by atoms with Gasteiger partial charge in [-0.2, -0.15) is 0 Å². The summed E-state index contributed by atoms with van der Waals surface area (Å²) in [5, 5.41) is 43.3. The van der Waals surface area contributed by atoms with E-state index < -0.39 is 83.3 Å². The molecule has 13 nitrogen and oxygen atoms in total. The number of carbonyl (C=O) groups excluding carboxylic acids is 3. The zero-order valence-corrected chi connectivity index (χ0v) is 38.9. The molecule has 1 spiro atoms. The number of aliphatic hydroxyl groups excluding tert-OH is 4.